The summed E-state index contributed by atoms with van der Waals surface area (Å²) in [7, 11) is 1.43. The van der Waals surface area contributed by atoms with Crippen molar-refractivity contribution in [3.63, 3.8) is 0 Å². The Labute approximate surface area is 190 Å². The molecule has 0 atom stereocenters. The summed E-state index contributed by atoms with van der Waals surface area (Å²) in [4.78, 5) is 17.0. The van der Waals surface area contributed by atoms with Gasteiger partial charge in [-0.05, 0) is 55.7 Å². The third-order valence-electron chi connectivity index (χ3n) is 6.80. The Bertz CT molecular complexity index is 1350. The van der Waals surface area contributed by atoms with Crippen LogP contribution in [0.5, 0.6) is 0 Å². The van der Waals surface area contributed by atoms with E-state index < -0.39 is 11.6 Å². The lowest BCUT2D eigenvalue weighted by Gasteiger charge is -2.28. The van der Waals surface area contributed by atoms with Crippen LogP contribution in [0, 0.1) is 17.6 Å². The van der Waals surface area contributed by atoms with Crippen LogP contribution in [-0.4, -0.2) is 32.8 Å². The van der Waals surface area contributed by atoms with Crippen molar-refractivity contribution in [1.29, 1.82) is 0 Å². The first kappa shape index (κ1) is 21.6. The molecule has 1 saturated carbocycles. The van der Waals surface area contributed by atoms with Crippen molar-refractivity contribution in [2.75, 3.05) is 7.11 Å². The molecular formula is C25H26F2N4O2. The van der Waals surface area contributed by atoms with Crippen LogP contribution < -0.4 is 0 Å². The fourth-order valence-electron chi connectivity index (χ4n) is 5.27. The number of H-pyrrole nitrogens is 1. The summed E-state index contributed by atoms with van der Waals surface area (Å²) in [6.45, 7) is 4.20. The van der Waals surface area contributed by atoms with Gasteiger partial charge in [-0.25, -0.2) is 13.8 Å². The molecule has 0 spiro atoms. The molecule has 1 aliphatic carbocycles. The molecule has 4 aromatic rings. The van der Waals surface area contributed by atoms with Gasteiger partial charge in [0.2, 0.25) is 0 Å². The van der Waals surface area contributed by atoms with Crippen molar-refractivity contribution < 1.29 is 18.3 Å². The number of hydrogen-bond acceptors (Lipinski definition) is 4. The van der Waals surface area contributed by atoms with E-state index in [9.17, 15) is 13.6 Å². The van der Waals surface area contributed by atoms with E-state index in [1.54, 1.807) is 12.3 Å². The van der Waals surface area contributed by atoms with E-state index in [0.29, 0.717) is 11.3 Å². The predicted octanol–water partition coefficient (Wildman–Crippen LogP) is 5.75. The first-order valence-electron chi connectivity index (χ1n) is 11.3. The number of nitrogens with zero attached hydrogens (tertiary/aromatic N) is 3. The predicted molar refractivity (Wildman–Crippen MR) is 121 cm³/mol. The van der Waals surface area contributed by atoms with E-state index in [4.69, 9.17) is 9.72 Å². The number of fused-ring (bicyclic) bond motifs is 2. The first-order valence-corrected chi connectivity index (χ1v) is 11.3. The Morgan fingerprint density at radius 1 is 1.15 bits per heavy atom. The molecule has 0 saturated heterocycles. The van der Waals surface area contributed by atoms with Gasteiger partial charge in [0.05, 0.1) is 30.3 Å². The number of methoxy groups -OCH3 is 1. The van der Waals surface area contributed by atoms with Crippen molar-refractivity contribution in [2.45, 2.75) is 51.4 Å². The molecule has 1 aliphatic rings. The number of aromatic nitrogens is 4. The lowest BCUT2D eigenvalue weighted by molar-refractivity contribution is -0.146. The van der Waals surface area contributed by atoms with Gasteiger partial charge in [0.1, 0.15) is 0 Å². The Morgan fingerprint density at radius 2 is 1.91 bits per heavy atom. The minimum Gasteiger partial charge on any atom is -0.469 e. The normalized spacial score (nSPS) is 19.0. The summed E-state index contributed by atoms with van der Waals surface area (Å²) in [5.41, 5.74) is 5.06. The fourth-order valence-corrected chi connectivity index (χ4v) is 5.27. The molecule has 0 bridgehead atoms. The van der Waals surface area contributed by atoms with Gasteiger partial charge in [-0.1, -0.05) is 13.8 Å². The third kappa shape index (κ3) is 3.57. The quantitative estimate of drug-likeness (QED) is 0.400. The second kappa shape index (κ2) is 8.24. The van der Waals surface area contributed by atoms with E-state index in [1.165, 1.54) is 13.2 Å². The number of rotatable bonds is 4. The average Bonchev–Trinajstić information content (AvgIpc) is 3.40. The smallest absolute Gasteiger partial charge is 0.308 e. The SMILES string of the molecule is COC(=O)[C@H]1CC[C@H](c2c(C(C)C)n(-c3ccc(F)c(F)c3)c3cc4cn[nH]c4nc32)CC1. The molecule has 6 nitrogen and oxygen atoms in total. The maximum atomic E-state index is 14.3. The molecule has 1 fully saturated rings. The number of esters is 1. The van der Waals surface area contributed by atoms with Gasteiger partial charge in [0.15, 0.2) is 17.3 Å². The molecule has 172 valence electrons. The Balaban J connectivity index is 1.73. The first-order chi connectivity index (χ1) is 15.9. The van der Waals surface area contributed by atoms with Gasteiger partial charge in [-0.3, -0.25) is 9.89 Å². The van der Waals surface area contributed by atoms with Gasteiger partial charge in [0.25, 0.3) is 0 Å². The van der Waals surface area contributed by atoms with Crippen molar-refractivity contribution in [3.05, 3.63) is 53.4 Å². The topological polar surface area (TPSA) is 72.8 Å². The molecular weight excluding hydrogens is 426 g/mol. The van der Waals surface area contributed by atoms with Gasteiger partial charge in [-0.15, -0.1) is 0 Å². The summed E-state index contributed by atoms with van der Waals surface area (Å²) >= 11 is 0. The van der Waals surface area contributed by atoms with Crippen molar-refractivity contribution in [3.8, 4) is 5.69 Å². The number of pyridine rings is 1. The second-order valence-corrected chi connectivity index (χ2v) is 9.12. The highest BCUT2D eigenvalue weighted by atomic mass is 19.2. The number of nitrogens with one attached hydrogen (secondary N) is 1. The number of carbonyl (C=O) groups is 1. The lowest BCUT2D eigenvalue weighted by atomic mass is 9.77. The average molecular weight is 453 g/mol. The third-order valence-corrected chi connectivity index (χ3v) is 6.80. The zero-order valence-corrected chi connectivity index (χ0v) is 18.9. The molecule has 3 heterocycles. The molecule has 0 radical (unpaired) electrons. The summed E-state index contributed by atoms with van der Waals surface area (Å²) in [5, 5.41) is 7.90. The largest absolute Gasteiger partial charge is 0.469 e. The fraction of sp³-hybridized carbons (Fsp3) is 0.400. The van der Waals surface area contributed by atoms with Crippen LogP contribution in [0.15, 0.2) is 30.5 Å². The van der Waals surface area contributed by atoms with E-state index in [-0.39, 0.29) is 23.7 Å². The van der Waals surface area contributed by atoms with Gasteiger partial charge in [-0.2, -0.15) is 5.10 Å². The van der Waals surface area contributed by atoms with Crippen molar-refractivity contribution >= 4 is 28.0 Å². The van der Waals surface area contributed by atoms with E-state index in [0.717, 1.165) is 59.4 Å². The summed E-state index contributed by atoms with van der Waals surface area (Å²) in [6.07, 6.45) is 4.87. The lowest BCUT2D eigenvalue weighted by Crippen LogP contribution is -2.22. The zero-order chi connectivity index (χ0) is 23.3. The zero-order valence-electron chi connectivity index (χ0n) is 18.9. The van der Waals surface area contributed by atoms with Crippen LogP contribution >= 0.6 is 0 Å². The molecule has 5 rings (SSSR count). The number of hydrogen-bond donors (Lipinski definition) is 1. The summed E-state index contributed by atoms with van der Waals surface area (Å²) in [5.74, 6) is -1.69. The van der Waals surface area contributed by atoms with Gasteiger partial charge >= 0.3 is 5.97 Å². The molecule has 0 aliphatic heterocycles. The minimum atomic E-state index is -0.887. The number of aromatic amines is 1. The number of ether oxygens (including phenoxy) is 1. The molecule has 3 aromatic heterocycles. The molecule has 8 heteroatoms. The van der Waals surface area contributed by atoms with Crippen LogP contribution in [-0.2, 0) is 9.53 Å². The highest BCUT2D eigenvalue weighted by molar-refractivity contribution is 5.93. The molecule has 1 aromatic carbocycles. The Hall–Kier alpha value is -3.29. The maximum absolute atomic E-state index is 14.3. The monoisotopic (exact) mass is 452 g/mol. The standard InChI is InChI=1S/C25H26F2N4O2/c1-13(2)23-21(14-4-6-15(7-5-14)25(32)33-3)22-20(10-16-12-28-30-24(16)29-22)31(23)17-8-9-18(26)19(27)11-17/h8-15H,4-7H2,1-3H3,(H,28,29,30)/t14-,15-. The van der Waals surface area contributed by atoms with Crippen LogP contribution in [0.2, 0.25) is 0 Å². The highest BCUT2D eigenvalue weighted by Crippen LogP contribution is 2.45. The number of benzene rings is 1. The molecule has 0 unspecified atom stereocenters. The summed E-state index contributed by atoms with van der Waals surface area (Å²) in [6, 6.07) is 5.99. The Kier molecular flexibility index (Phi) is 5.38. The van der Waals surface area contributed by atoms with Gasteiger partial charge < -0.3 is 9.30 Å². The van der Waals surface area contributed by atoms with Crippen LogP contribution in [0.25, 0.3) is 27.8 Å². The highest BCUT2D eigenvalue weighted by Gasteiger charge is 2.33. The van der Waals surface area contributed by atoms with E-state index >= 15 is 0 Å². The summed E-state index contributed by atoms with van der Waals surface area (Å²) < 4.78 is 34.9. The van der Waals surface area contributed by atoms with Crippen LogP contribution in [0.1, 0.15) is 62.6 Å². The second-order valence-electron chi connectivity index (χ2n) is 9.12. The number of carbonyl (C=O) groups excluding carboxylic acids is 1. The molecule has 0 amide bonds. The number of halogens is 2. The Morgan fingerprint density at radius 3 is 2.58 bits per heavy atom. The van der Waals surface area contributed by atoms with Crippen molar-refractivity contribution in [2.24, 2.45) is 5.92 Å². The minimum absolute atomic E-state index is 0.0828. The van der Waals surface area contributed by atoms with E-state index in [1.807, 2.05) is 10.6 Å². The van der Waals surface area contributed by atoms with E-state index in [2.05, 4.69) is 24.0 Å². The van der Waals surface area contributed by atoms with Gasteiger partial charge in [0, 0.05) is 28.4 Å². The maximum Gasteiger partial charge on any atom is 0.308 e. The molecule has 33 heavy (non-hydrogen) atoms. The van der Waals surface area contributed by atoms with Crippen LogP contribution in [0.3, 0.4) is 0 Å². The molecule has 1 N–H and O–H groups in total. The van der Waals surface area contributed by atoms with Crippen molar-refractivity contribution in [1.82, 2.24) is 19.7 Å². The van der Waals surface area contributed by atoms with Crippen LogP contribution in [0.4, 0.5) is 8.78 Å².